The summed E-state index contributed by atoms with van der Waals surface area (Å²) in [5.41, 5.74) is 2.20. The number of carbonyl (C=O) groups excluding carboxylic acids is 2. The van der Waals surface area contributed by atoms with Gasteiger partial charge in [-0.15, -0.1) is 0 Å². The smallest absolute Gasteiger partial charge is 0.251 e. The van der Waals surface area contributed by atoms with Gasteiger partial charge in [0.1, 0.15) is 0 Å². The summed E-state index contributed by atoms with van der Waals surface area (Å²) >= 11 is 0. The molecule has 0 radical (unpaired) electrons. The molecule has 160 valence electrons. The van der Waals surface area contributed by atoms with Crippen LogP contribution in [0.1, 0.15) is 51.1 Å². The zero-order chi connectivity index (χ0) is 21.7. The second kappa shape index (κ2) is 9.40. The van der Waals surface area contributed by atoms with Crippen molar-refractivity contribution < 1.29 is 18.0 Å². The van der Waals surface area contributed by atoms with E-state index in [0.717, 1.165) is 24.8 Å². The summed E-state index contributed by atoms with van der Waals surface area (Å²) in [7, 11) is -2.07. The van der Waals surface area contributed by atoms with Crippen LogP contribution in [0.25, 0.3) is 0 Å². The Kier molecular flexibility index (Phi) is 6.89. The third-order valence-corrected chi connectivity index (χ3v) is 7.29. The Morgan fingerprint density at radius 3 is 2.37 bits per heavy atom. The normalized spacial score (nSPS) is 14.9. The van der Waals surface area contributed by atoms with E-state index in [2.05, 4.69) is 10.6 Å². The van der Waals surface area contributed by atoms with Gasteiger partial charge in [-0.25, -0.2) is 8.42 Å². The molecule has 3 rings (SSSR count). The number of nitrogens with zero attached hydrogens (tertiary/aromatic N) is 1. The molecule has 0 atom stereocenters. The minimum Gasteiger partial charge on any atom is -0.355 e. The Labute approximate surface area is 177 Å². The van der Waals surface area contributed by atoms with E-state index in [4.69, 9.17) is 0 Å². The van der Waals surface area contributed by atoms with E-state index in [-0.39, 0.29) is 23.3 Å². The topological polar surface area (TPSA) is 95.6 Å². The highest BCUT2D eigenvalue weighted by Crippen LogP contribution is 2.24. The van der Waals surface area contributed by atoms with Crippen LogP contribution in [0.5, 0.6) is 0 Å². The van der Waals surface area contributed by atoms with Crippen LogP contribution >= 0.6 is 0 Å². The molecule has 1 fully saturated rings. The Hall–Kier alpha value is -2.71. The van der Waals surface area contributed by atoms with Crippen LogP contribution in [0, 0.1) is 6.92 Å². The highest BCUT2D eigenvalue weighted by molar-refractivity contribution is 7.89. The van der Waals surface area contributed by atoms with Crippen LogP contribution in [0.4, 0.5) is 0 Å². The van der Waals surface area contributed by atoms with Crippen molar-refractivity contribution >= 4 is 21.8 Å². The van der Waals surface area contributed by atoms with Gasteiger partial charge in [0.25, 0.3) is 11.8 Å². The number of benzene rings is 2. The number of piperidine rings is 1. The summed E-state index contributed by atoms with van der Waals surface area (Å²) in [6, 6.07) is 11.7. The fraction of sp³-hybridized carbons (Fsp3) is 0.364. The summed E-state index contributed by atoms with van der Waals surface area (Å²) in [6.07, 6.45) is 2.75. The van der Waals surface area contributed by atoms with E-state index in [1.165, 1.54) is 10.4 Å². The van der Waals surface area contributed by atoms with Crippen LogP contribution in [-0.4, -0.2) is 44.7 Å². The highest BCUT2D eigenvalue weighted by Gasteiger charge is 2.28. The molecule has 1 saturated heterocycles. The fourth-order valence-corrected chi connectivity index (χ4v) is 5.28. The van der Waals surface area contributed by atoms with Gasteiger partial charge >= 0.3 is 0 Å². The fourth-order valence-electron chi connectivity index (χ4n) is 3.51. The number of amides is 2. The molecule has 1 heterocycles. The standard InChI is InChI=1S/C22H27N3O4S/c1-16-9-10-19(14-20(16)30(28,29)25-11-4-3-5-12-25)22(27)24-15-17-7-6-8-18(13-17)21(26)23-2/h6-10,13-14H,3-5,11-12,15H2,1-2H3,(H,23,26)(H,24,27). The van der Waals surface area contributed by atoms with Gasteiger partial charge in [-0.3, -0.25) is 9.59 Å². The molecule has 0 bridgehead atoms. The third-order valence-electron chi connectivity index (χ3n) is 5.25. The van der Waals surface area contributed by atoms with Crippen molar-refractivity contribution in [2.24, 2.45) is 0 Å². The van der Waals surface area contributed by atoms with Crippen molar-refractivity contribution in [1.82, 2.24) is 14.9 Å². The van der Waals surface area contributed by atoms with E-state index in [9.17, 15) is 18.0 Å². The molecule has 0 aromatic heterocycles. The zero-order valence-electron chi connectivity index (χ0n) is 17.3. The molecule has 1 aliphatic rings. The summed E-state index contributed by atoms with van der Waals surface area (Å²) in [6.45, 7) is 2.99. The maximum atomic E-state index is 13.0. The molecule has 2 N–H and O–H groups in total. The summed E-state index contributed by atoms with van der Waals surface area (Å²) in [5, 5.41) is 5.36. The molecule has 2 amide bonds. The second-order valence-electron chi connectivity index (χ2n) is 7.41. The zero-order valence-corrected chi connectivity index (χ0v) is 18.1. The van der Waals surface area contributed by atoms with E-state index >= 15 is 0 Å². The number of hydrogen-bond donors (Lipinski definition) is 2. The van der Waals surface area contributed by atoms with Gasteiger partial charge in [-0.05, 0) is 55.2 Å². The average Bonchev–Trinajstić information content (AvgIpc) is 2.77. The van der Waals surface area contributed by atoms with Crippen molar-refractivity contribution in [1.29, 1.82) is 0 Å². The summed E-state index contributed by atoms with van der Waals surface area (Å²) < 4.78 is 27.6. The van der Waals surface area contributed by atoms with Crippen molar-refractivity contribution in [3.63, 3.8) is 0 Å². The molecule has 0 unspecified atom stereocenters. The van der Waals surface area contributed by atoms with Crippen molar-refractivity contribution in [3.8, 4) is 0 Å². The van der Waals surface area contributed by atoms with Gasteiger partial charge in [0, 0.05) is 37.8 Å². The van der Waals surface area contributed by atoms with Crippen LogP contribution in [-0.2, 0) is 16.6 Å². The summed E-state index contributed by atoms with van der Waals surface area (Å²) in [4.78, 5) is 24.6. The molecule has 0 spiro atoms. The van der Waals surface area contributed by atoms with Gasteiger partial charge in [0.2, 0.25) is 10.0 Å². The van der Waals surface area contributed by atoms with E-state index in [1.54, 1.807) is 44.3 Å². The van der Waals surface area contributed by atoms with Gasteiger partial charge < -0.3 is 10.6 Å². The lowest BCUT2D eigenvalue weighted by Crippen LogP contribution is -2.36. The van der Waals surface area contributed by atoms with E-state index in [1.807, 2.05) is 6.07 Å². The Morgan fingerprint density at radius 1 is 0.967 bits per heavy atom. The number of carbonyl (C=O) groups is 2. The van der Waals surface area contributed by atoms with Crippen molar-refractivity contribution in [2.45, 2.75) is 37.6 Å². The predicted octanol–water partition coefficient (Wildman–Crippen LogP) is 2.46. The number of hydrogen-bond acceptors (Lipinski definition) is 4. The Morgan fingerprint density at radius 2 is 1.67 bits per heavy atom. The van der Waals surface area contributed by atoms with Crippen LogP contribution in [0.2, 0.25) is 0 Å². The Bertz CT molecular complexity index is 1040. The van der Waals surface area contributed by atoms with Crippen LogP contribution in [0.15, 0.2) is 47.4 Å². The number of rotatable bonds is 6. The SMILES string of the molecule is CNC(=O)c1cccc(CNC(=O)c2ccc(C)c(S(=O)(=O)N3CCCCC3)c2)c1. The maximum Gasteiger partial charge on any atom is 0.251 e. The third kappa shape index (κ3) is 4.88. The van der Waals surface area contributed by atoms with Crippen molar-refractivity contribution in [3.05, 3.63) is 64.7 Å². The predicted molar refractivity (Wildman–Crippen MR) is 115 cm³/mol. The van der Waals surface area contributed by atoms with Gasteiger partial charge in [-0.2, -0.15) is 4.31 Å². The van der Waals surface area contributed by atoms with E-state index in [0.29, 0.717) is 29.8 Å². The average molecular weight is 430 g/mol. The lowest BCUT2D eigenvalue weighted by Gasteiger charge is -2.26. The molecule has 7 nitrogen and oxygen atoms in total. The first-order valence-corrected chi connectivity index (χ1v) is 11.5. The Balaban J connectivity index is 1.76. The summed E-state index contributed by atoms with van der Waals surface area (Å²) in [5.74, 6) is -0.565. The molecular formula is C22H27N3O4S. The van der Waals surface area contributed by atoms with Crippen molar-refractivity contribution in [2.75, 3.05) is 20.1 Å². The minimum atomic E-state index is -3.63. The van der Waals surface area contributed by atoms with Gasteiger partial charge in [0.05, 0.1) is 4.90 Å². The van der Waals surface area contributed by atoms with E-state index < -0.39 is 10.0 Å². The number of sulfonamides is 1. The quantitative estimate of drug-likeness (QED) is 0.737. The highest BCUT2D eigenvalue weighted by atomic mass is 32.2. The molecular weight excluding hydrogens is 402 g/mol. The molecule has 1 aliphatic heterocycles. The van der Waals surface area contributed by atoms with Gasteiger partial charge in [-0.1, -0.05) is 24.6 Å². The number of nitrogens with one attached hydrogen (secondary N) is 2. The maximum absolute atomic E-state index is 13.0. The molecule has 2 aromatic rings. The molecule has 30 heavy (non-hydrogen) atoms. The molecule has 8 heteroatoms. The molecule has 0 aliphatic carbocycles. The minimum absolute atomic E-state index is 0.179. The second-order valence-corrected chi connectivity index (χ2v) is 9.31. The number of aryl methyl sites for hydroxylation is 1. The first kappa shape index (κ1) is 22.0. The monoisotopic (exact) mass is 429 g/mol. The van der Waals surface area contributed by atoms with Crippen LogP contribution < -0.4 is 10.6 Å². The van der Waals surface area contributed by atoms with Crippen LogP contribution in [0.3, 0.4) is 0 Å². The molecule has 0 saturated carbocycles. The largest absolute Gasteiger partial charge is 0.355 e. The lowest BCUT2D eigenvalue weighted by atomic mass is 10.1. The lowest BCUT2D eigenvalue weighted by molar-refractivity contribution is 0.0948. The first-order chi connectivity index (χ1) is 14.3. The van der Waals surface area contributed by atoms with Gasteiger partial charge in [0.15, 0.2) is 0 Å². The first-order valence-electron chi connectivity index (χ1n) is 10.0. The molecule has 2 aromatic carbocycles.